The fraction of sp³-hybridized carbons (Fsp3) is 0.435. The fourth-order valence-corrected chi connectivity index (χ4v) is 4.92. The van der Waals surface area contributed by atoms with E-state index in [1.54, 1.807) is 17.0 Å². The first-order valence-corrected chi connectivity index (χ1v) is 12.2. The number of ether oxygens (including phenoxy) is 2. The second-order valence-corrected chi connectivity index (χ2v) is 9.60. The van der Waals surface area contributed by atoms with Crippen molar-refractivity contribution in [3.8, 4) is 0 Å². The van der Waals surface area contributed by atoms with Gasteiger partial charge in [0.15, 0.2) is 0 Å². The Labute approximate surface area is 201 Å². The molecule has 1 atom stereocenters. The van der Waals surface area contributed by atoms with Gasteiger partial charge < -0.3 is 19.7 Å². The standard InChI is InChI=1S/C23H26ClN3O5S/c1-2-31-14-15-11-16(6-7-18(15)26-10-4-3-5-21(26)28)27-13-17(32-23(27)30)12-25-22(29)19-8-9-20(24)33-19/h6-9,11,17H,2-5,10,12-14H2,1H3,(H,25,29)/t17-/m0/s1. The van der Waals surface area contributed by atoms with Crippen molar-refractivity contribution in [1.29, 1.82) is 0 Å². The van der Waals surface area contributed by atoms with Gasteiger partial charge in [-0.05, 0) is 50.1 Å². The van der Waals surface area contributed by atoms with Crippen LogP contribution in [0, 0.1) is 0 Å². The third-order valence-corrected chi connectivity index (χ3v) is 6.84. The minimum atomic E-state index is -0.476. The SMILES string of the molecule is CCOCc1cc(N2C[C@H](CNC(=O)c3ccc(Cl)s3)OC2=O)ccc1N1CCCCC1=O. The minimum Gasteiger partial charge on any atom is -0.442 e. The number of amides is 3. The van der Waals surface area contributed by atoms with E-state index in [0.29, 0.717) is 47.6 Å². The number of nitrogens with zero attached hydrogens (tertiary/aromatic N) is 2. The lowest BCUT2D eigenvalue weighted by atomic mass is 10.1. The lowest BCUT2D eigenvalue weighted by molar-refractivity contribution is -0.119. The van der Waals surface area contributed by atoms with Gasteiger partial charge in [-0.2, -0.15) is 0 Å². The van der Waals surface area contributed by atoms with Gasteiger partial charge in [0.05, 0.1) is 28.9 Å². The molecule has 176 valence electrons. The van der Waals surface area contributed by atoms with Gasteiger partial charge in [-0.15, -0.1) is 11.3 Å². The van der Waals surface area contributed by atoms with Crippen molar-refractivity contribution in [3.63, 3.8) is 0 Å². The molecule has 2 aliphatic heterocycles. The van der Waals surface area contributed by atoms with E-state index in [0.717, 1.165) is 24.1 Å². The molecule has 3 amide bonds. The van der Waals surface area contributed by atoms with Crippen molar-refractivity contribution >= 4 is 52.2 Å². The normalized spacial score (nSPS) is 18.5. The summed E-state index contributed by atoms with van der Waals surface area (Å²) >= 11 is 7.08. The van der Waals surface area contributed by atoms with Gasteiger partial charge in [-0.3, -0.25) is 14.5 Å². The Morgan fingerprint density at radius 3 is 2.82 bits per heavy atom. The predicted molar refractivity (Wildman–Crippen MR) is 127 cm³/mol. The summed E-state index contributed by atoms with van der Waals surface area (Å²) in [4.78, 5) is 41.1. The number of nitrogens with one attached hydrogen (secondary N) is 1. The Morgan fingerprint density at radius 2 is 2.09 bits per heavy atom. The molecule has 1 aromatic heterocycles. The number of hydrogen-bond acceptors (Lipinski definition) is 6. The summed E-state index contributed by atoms with van der Waals surface area (Å²) in [6, 6.07) is 8.89. The highest BCUT2D eigenvalue weighted by Gasteiger charge is 2.33. The van der Waals surface area contributed by atoms with Gasteiger partial charge in [0, 0.05) is 36.5 Å². The van der Waals surface area contributed by atoms with Crippen molar-refractivity contribution in [2.24, 2.45) is 0 Å². The highest BCUT2D eigenvalue weighted by Crippen LogP contribution is 2.31. The molecule has 2 saturated heterocycles. The molecule has 2 aromatic rings. The van der Waals surface area contributed by atoms with E-state index in [-0.39, 0.29) is 18.4 Å². The van der Waals surface area contributed by atoms with E-state index in [2.05, 4.69) is 5.32 Å². The zero-order valence-corrected chi connectivity index (χ0v) is 19.9. The van der Waals surface area contributed by atoms with Gasteiger partial charge in [0.25, 0.3) is 5.91 Å². The zero-order valence-electron chi connectivity index (χ0n) is 18.3. The number of halogens is 1. The third-order valence-electron chi connectivity index (χ3n) is 5.61. The molecule has 0 bridgehead atoms. The topological polar surface area (TPSA) is 88.2 Å². The Balaban J connectivity index is 1.45. The molecule has 3 heterocycles. The maximum Gasteiger partial charge on any atom is 0.414 e. The molecule has 0 saturated carbocycles. The number of carbonyl (C=O) groups is 3. The monoisotopic (exact) mass is 491 g/mol. The van der Waals surface area contributed by atoms with E-state index in [1.807, 2.05) is 25.1 Å². The summed E-state index contributed by atoms with van der Waals surface area (Å²) in [6.45, 7) is 3.98. The predicted octanol–water partition coefficient (Wildman–Crippen LogP) is 4.21. The summed E-state index contributed by atoms with van der Waals surface area (Å²) in [5.41, 5.74) is 2.34. The van der Waals surface area contributed by atoms with Gasteiger partial charge in [-0.25, -0.2) is 4.79 Å². The number of benzene rings is 1. The van der Waals surface area contributed by atoms with Crippen LogP contribution in [-0.4, -0.2) is 50.3 Å². The van der Waals surface area contributed by atoms with E-state index < -0.39 is 12.2 Å². The Bertz CT molecular complexity index is 1040. The molecule has 33 heavy (non-hydrogen) atoms. The summed E-state index contributed by atoms with van der Waals surface area (Å²) in [7, 11) is 0. The summed E-state index contributed by atoms with van der Waals surface area (Å²) in [6.07, 6.45) is 1.46. The zero-order chi connectivity index (χ0) is 23.4. The van der Waals surface area contributed by atoms with Crippen LogP contribution in [0.3, 0.4) is 0 Å². The number of hydrogen-bond donors (Lipinski definition) is 1. The van der Waals surface area contributed by atoms with Crippen LogP contribution < -0.4 is 15.1 Å². The highest BCUT2D eigenvalue weighted by atomic mass is 35.5. The number of anilines is 2. The van der Waals surface area contributed by atoms with Crippen LogP contribution in [0.4, 0.5) is 16.2 Å². The van der Waals surface area contributed by atoms with E-state index in [4.69, 9.17) is 21.1 Å². The smallest absolute Gasteiger partial charge is 0.414 e. The van der Waals surface area contributed by atoms with Crippen molar-refractivity contribution in [1.82, 2.24) is 5.32 Å². The number of thiophene rings is 1. The maximum atomic E-state index is 12.5. The first-order chi connectivity index (χ1) is 16.0. The van der Waals surface area contributed by atoms with Crippen molar-refractivity contribution in [3.05, 3.63) is 45.1 Å². The van der Waals surface area contributed by atoms with E-state index in [1.165, 1.54) is 16.2 Å². The maximum absolute atomic E-state index is 12.5. The molecule has 10 heteroatoms. The first kappa shape index (κ1) is 23.5. The molecular weight excluding hydrogens is 466 g/mol. The molecule has 2 fully saturated rings. The summed E-state index contributed by atoms with van der Waals surface area (Å²) in [5, 5.41) is 2.79. The second kappa shape index (κ2) is 10.5. The van der Waals surface area contributed by atoms with E-state index in [9.17, 15) is 14.4 Å². The van der Waals surface area contributed by atoms with Crippen molar-refractivity contribution < 1.29 is 23.9 Å². The van der Waals surface area contributed by atoms with Crippen LogP contribution in [0.1, 0.15) is 41.4 Å². The van der Waals surface area contributed by atoms with E-state index >= 15 is 0 Å². The molecule has 2 aliphatic rings. The van der Waals surface area contributed by atoms with Crippen LogP contribution in [-0.2, 0) is 20.9 Å². The lowest BCUT2D eigenvalue weighted by Crippen LogP contribution is -2.36. The Hall–Kier alpha value is -2.62. The molecule has 1 aromatic carbocycles. The average Bonchev–Trinajstić information content (AvgIpc) is 3.41. The fourth-order valence-electron chi connectivity index (χ4n) is 3.96. The van der Waals surface area contributed by atoms with Gasteiger partial charge in [0.2, 0.25) is 5.91 Å². The van der Waals surface area contributed by atoms with Crippen LogP contribution in [0.2, 0.25) is 4.34 Å². The van der Waals surface area contributed by atoms with Gasteiger partial charge in [0.1, 0.15) is 6.10 Å². The molecule has 4 rings (SSSR count). The first-order valence-electron chi connectivity index (χ1n) is 11.0. The highest BCUT2D eigenvalue weighted by molar-refractivity contribution is 7.18. The van der Waals surface area contributed by atoms with Crippen LogP contribution in [0.15, 0.2) is 30.3 Å². The summed E-state index contributed by atoms with van der Waals surface area (Å²) in [5.74, 6) is -0.147. The number of carbonyl (C=O) groups excluding carboxylic acids is 3. The number of cyclic esters (lactones) is 1. The Morgan fingerprint density at radius 1 is 1.24 bits per heavy atom. The van der Waals surface area contributed by atoms with Crippen LogP contribution >= 0.6 is 22.9 Å². The quantitative estimate of drug-likeness (QED) is 0.597. The molecule has 1 N–H and O–H groups in total. The molecule has 8 nitrogen and oxygen atoms in total. The van der Waals surface area contributed by atoms with Crippen molar-refractivity contribution in [2.75, 3.05) is 36.0 Å². The number of rotatable bonds is 8. The third kappa shape index (κ3) is 5.48. The van der Waals surface area contributed by atoms with Crippen LogP contribution in [0.25, 0.3) is 0 Å². The second-order valence-electron chi connectivity index (χ2n) is 7.88. The largest absolute Gasteiger partial charge is 0.442 e. The van der Waals surface area contributed by atoms with Gasteiger partial charge in [-0.1, -0.05) is 11.6 Å². The lowest BCUT2D eigenvalue weighted by Gasteiger charge is -2.29. The molecule has 0 unspecified atom stereocenters. The van der Waals surface area contributed by atoms with Crippen LogP contribution in [0.5, 0.6) is 0 Å². The number of piperidine rings is 1. The molecule has 0 aliphatic carbocycles. The minimum absolute atomic E-state index is 0.107. The molecule has 0 radical (unpaired) electrons. The van der Waals surface area contributed by atoms with Crippen molar-refractivity contribution in [2.45, 2.75) is 38.9 Å². The molecular formula is C23H26ClN3O5S. The van der Waals surface area contributed by atoms with Gasteiger partial charge >= 0.3 is 6.09 Å². The summed E-state index contributed by atoms with van der Waals surface area (Å²) < 4.78 is 11.6. The Kier molecular flexibility index (Phi) is 7.52. The average molecular weight is 492 g/mol. The molecule has 0 spiro atoms.